The number of hydrogen-bond donors (Lipinski definition) is 1. The zero-order valence-corrected chi connectivity index (χ0v) is 10.6. The second-order valence-corrected chi connectivity index (χ2v) is 4.80. The van der Waals surface area contributed by atoms with Gasteiger partial charge in [0.25, 0.3) is 0 Å². The van der Waals surface area contributed by atoms with Crippen LogP contribution >= 0.6 is 0 Å². The summed E-state index contributed by atoms with van der Waals surface area (Å²) in [5.74, 6) is -1.20. The number of nitrogens with zero attached hydrogens (tertiary/aromatic N) is 1. The van der Waals surface area contributed by atoms with E-state index in [2.05, 4.69) is 0 Å². The Morgan fingerprint density at radius 3 is 2.39 bits per heavy atom. The van der Waals surface area contributed by atoms with Crippen molar-refractivity contribution in [1.82, 2.24) is 4.90 Å². The third-order valence-corrected chi connectivity index (χ3v) is 3.56. The van der Waals surface area contributed by atoms with E-state index >= 15 is 0 Å². The minimum absolute atomic E-state index is 0.105. The molecule has 96 valence electrons. The van der Waals surface area contributed by atoms with Crippen LogP contribution in [-0.2, 0) is 9.59 Å². The number of rotatable bonds is 2. The fourth-order valence-corrected chi connectivity index (χ4v) is 2.61. The third kappa shape index (κ3) is 2.23. The maximum atomic E-state index is 11.5. The van der Waals surface area contributed by atoms with Crippen LogP contribution in [0.5, 0.6) is 0 Å². The van der Waals surface area contributed by atoms with Gasteiger partial charge in [-0.1, -0.05) is 29.8 Å². The summed E-state index contributed by atoms with van der Waals surface area (Å²) in [6.07, 6.45) is 0.708. The van der Waals surface area contributed by atoms with Crippen LogP contribution < -0.4 is 0 Å². The quantitative estimate of drug-likeness (QED) is 0.866. The SMILES string of the molecule is CC(=O)N1CCC(c2ccc(C)cc2)C1C(=O)O. The summed E-state index contributed by atoms with van der Waals surface area (Å²) in [7, 11) is 0. The second kappa shape index (κ2) is 4.80. The summed E-state index contributed by atoms with van der Waals surface area (Å²) in [4.78, 5) is 24.3. The van der Waals surface area contributed by atoms with E-state index in [4.69, 9.17) is 0 Å². The molecule has 0 aliphatic carbocycles. The van der Waals surface area contributed by atoms with Gasteiger partial charge in [0.2, 0.25) is 5.91 Å². The fraction of sp³-hybridized carbons (Fsp3) is 0.429. The molecule has 1 amide bonds. The van der Waals surface area contributed by atoms with Gasteiger partial charge in [0.15, 0.2) is 0 Å². The van der Waals surface area contributed by atoms with Gasteiger partial charge in [0.1, 0.15) is 6.04 Å². The van der Waals surface area contributed by atoms with Crippen molar-refractivity contribution in [3.63, 3.8) is 0 Å². The van der Waals surface area contributed by atoms with Crippen LogP contribution in [0.2, 0.25) is 0 Å². The van der Waals surface area contributed by atoms with Gasteiger partial charge in [0, 0.05) is 19.4 Å². The lowest BCUT2D eigenvalue weighted by Crippen LogP contribution is -2.41. The predicted octanol–water partition coefficient (Wildman–Crippen LogP) is 1.78. The molecule has 4 nitrogen and oxygen atoms in total. The molecular weight excluding hydrogens is 230 g/mol. The average molecular weight is 247 g/mol. The molecule has 1 heterocycles. The number of carbonyl (C=O) groups is 2. The molecular formula is C14H17NO3. The van der Waals surface area contributed by atoms with Crippen LogP contribution in [0.25, 0.3) is 0 Å². The highest BCUT2D eigenvalue weighted by Crippen LogP contribution is 2.33. The Labute approximate surface area is 106 Å². The molecule has 1 N–H and O–H groups in total. The van der Waals surface area contributed by atoms with Crippen LogP contribution in [0.4, 0.5) is 0 Å². The number of aryl methyl sites for hydroxylation is 1. The first-order chi connectivity index (χ1) is 8.50. The first-order valence-electron chi connectivity index (χ1n) is 6.07. The molecule has 1 aliphatic heterocycles. The summed E-state index contributed by atoms with van der Waals surface area (Å²) in [5, 5.41) is 9.32. The lowest BCUT2D eigenvalue weighted by molar-refractivity contribution is -0.147. The largest absolute Gasteiger partial charge is 0.480 e. The summed E-state index contributed by atoms with van der Waals surface area (Å²) < 4.78 is 0. The van der Waals surface area contributed by atoms with E-state index in [1.807, 2.05) is 31.2 Å². The Morgan fingerprint density at radius 2 is 1.89 bits per heavy atom. The van der Waals surface area contributed by atoms with Crippen molar-refractivity contribution in [2.75, 3.05) is 6.54 Å². The topological polar surface area (TPSA) is 57.6 Å². The second-order valence-electron chi connectivity index (χ2n) is 4.80. The minimum Gasteiger partial charge on any atom is -0.480 e. The van der Waals surface area contributed by atoms with E-state index in [0.29, 0.717) is 13.0 Å². The van der Waals surface area contributed by atoms with E-state index < -0.39 is 12.0 Å². The number of carboxylic acids is 1. The minimum atomic E-state index is -0.923. The zero-order chi connectivity index (χ0) is 13.3. The lowest BCUT2D eigenvalue weighted by Gasteiger charge is -2.23. The summed E-state index contributed by atoms with van der Waals surface area (Å²) in [5.41, 5.74) is 2.14. The van der Waals surface area contributed by atoms with Gasteiger partial charge in [-0.25, -0.2) is 4.79 Å². The van der Waals surface area contributed by atoms with Crippen molar-refractivity contribution in [2.45, 2.75) is 32.2 Å². The highest BCUT2D eigenvalue weighted by atomic mass is 16.4. The number of aliphatic carboxylic acids is 1. The van der Waals surface area contributed by atoms with Crippen molar-refractivity contribution >= 4 is 11.9 Å². The van der Waals surface area contributed by atoms with E-state index in [-0.39, 0.29) is 11.8 Å². The van der Waals surface area contributed by atoms with E-state index in [0.717, 1.165) is 11.1 Å². The number of carboxylic acid groups (broad SMARTS) is 1. The molecule has 1 saturated heterocycles. The molecule has 2 rings (SSSR count). The Hall–Kier alpha value is -1.84. The molecule has 18 heavy (non-hydrogen) atoms. The van der Waals surface area contributed by atoms with E-state index in [9.17, 15) is 14.7 Å². The van der Waals surface area contributed by atoms with Crippen LogP contribution in [0, 0.1) is 6.92 Å². The highest BCUT2D eigenvalue weighted by Gasteiger charge is 2.41. The molecule has 4 heteroatoms. The first-order valence-corrected chi connectivity index (χ1v) is 6.07. The molecule has 0 radical (unpaired) electrons. The Balaban J connectivity index is 2.30. The normalized spacial score (nSPS) is 23.1. The van der Waals surface area contributed by atoms with Crippen LogP contribution in [0.15, 0.2) is 24.3 Å². The smallest absolute Gasteiger partial charge is 0.327 e. The number of amides is 1. The third-order valence-electron chi connectivity index (χ3n) is 3.56. The monoisotopic (exact) mass is 247 g/mol. The van der Waals surface area contributed by atoms with Crippen LogP contribution in [-0.4, -0.2) is 34.5 Å². The molecule has 0 saturated carbocycles. The summed E-state index contributed by atoms with van der Waals surface area (Å²) in [6, 6.07) is 7.14. The van der Waals surface area contributed by atoms with Gasteiger partial charge in [-0.3, -0.25) is 4.79 Å². The van der Waals surface area contributed by atoms with Crippen molar-refractivity contribution in [1.29, 1.82) is 0 Å². The molecule has 2 atom stereocenters. The van der Waals surface area contributed by atoms with Gasteiger partial charge < -0.3 is 10.0 Å². The Bertz CT molecular complexity index is 466. The molecule has 1 aliphatic rings. The first kappa shape index (κ1) is 12.6. The zero-order valence-electron chi connectivity index (χ0n) is 10.6. The molecule has 2 unspecified atom stereocenters. The Morgan fingerprint density at radius 1 is 1.28 bits per heavy atom. The lowest BCUT2D eigenvalue weighted by atomic mass is 9.91. The molecule has 1 fully saturated rings. The van der Waals surface area contributed by atoms with Crippen molar-refractivity contribution in [3.05, 3.63) is 35.4 Å². The maximum Gasteiger partial charge on any atom is 0.327 e. The standard InChI is InChI=1S/C14H17NO3/c1-9-3-5-11(6-4-9)12-7-8-15(10(2)16)13(12)14(17)18/h3-6,12-13H,7-8H2,1-2H3,(H,17,18). The number of carbonyl (C=O) groups excluding carboxylic acids is 1. The van der Waals surface area contributed by atoms with Gasteiger partial charge in [-0.05, 0) is 18.9 Å². The fourth-order valence-electron chi connectivity index (χ4n) is 2.61. The van der Waals surface area contributed by atoms with Crippen molar-refractivity contribution in [3.8, 4) is 0 Å². The summed E-state index contributed by atoms with van der Waals surface area (Å²) >= 11 is 0. The number of benzene rings is 1. The number of likely N-dealkylation sites (tertiary alicyclic amines) is 1. The van der Waals surface area contributed by atoms with E-state index in [1.165, 1.54) is 11.8 Å². The molecule has 0 spiro atoms. The average Bonchev–Trinajstić information content (AvgIpc) is 2.74. The highest BCUT2D eigenvalue weighted by molar-refractivity contribution is 5.84. The van der Waals surface area contributed by atoms with Gasteiger partial charge >= 0.3 is 5.97 Å². The van der Waals surface area contributed by atoms with Gasteiger partial charge in [-0.15, -0.1) is 0 Å². The maximum absolute atomic E-state index is 11.5. The van der Waals surface area contributed by atoms with Crippen LogP contribution in [0.3, 0.4) is 0 Å². The van der Waals surface area contributed by atoms with E-state index in [1.54, 1.807) is 0 Å². The van der Waals surface area contributed by atoms with Gasteiger partial charge in [-0.2, -0.15) is 0 Å². The molecule has 1 aromatic rings. The number of hydrogen-bond acceptors (Lipinski definition) is 2. The van der Waals surface area contributed by atoms with Gasteiger partial charge in [0.05, 0.1) is 0 Å². The predicted molar refractivity (Wildman–Crippen MR) is 67.3 cm³/mol. The summed E-state index contributed by atoms with van der Waals surface area (Å²) in [6.45, 7) is 3.94. The van der Waals surface area contributed by atoms with Crippen molar-refractivity contribution < 1.29 is 14.7 Å². The molecule has 0 aromatic heterocycles. The molecule has 1 aromatic carbocycles. The van der Waals surface area contributed by atoms with Crippen LogP contribution in [0.1, 0.15) is 30.4 Å². The molecule has 0 bridgehead atoms. The van der Waals surface area contributed by atoms with Crippen molar-refractivity contribution in [2.24, 2.45) is 0 Å². The Kier molecular flexibility index (Phi) is 3.36.